The van der Waals surface area contributed by atoms with E-state index in [0.717, 1.165) is 0 Å². The maximum Gasteiger partial charge on any atom is 0.338 e. The summed E-state index contributed by atoms with van der Waals surface area (Å²) < 4.78 is 30.3. The van der Waals surface area contributed by atoms with Crippen molar-refractivity contribution in [3.63, 3.8) is 0 Å². The molecule has 0 aliphatic carbocycles. The second-order valence-electron chi connectivity index (χ2n) is 4.74. The number of methoxy groups -OCH3 is 1. The zero-order valence-corrected chi connectivity index (χ0v) is 11.9. The van der Waals surface area contributed by atoms with Gasteiger partial charge in [-0.25, -0.2) is 9.18 Å². The Bertz CT molecular complexity index is 485. The summed E-state index contributed by atoms with van der Waals surface area (Å²) in [7, 11) is 1.28. The highest BCUT2D eigenvalue weighted by Crippen LogP contribution is 2.43. The molecule has 0 N–H and O–H groups in total. The van der Waals surface area contributed by atoms with Gasteiger partial charge in [-0.15, -0.1) is 0 Å². The smallest absolute Gasteiger partial charge is 0.338 e. The fraction of sp³-hybridized carbons (Fsp3) is 0.533. The van der Waals surface area contributed by atoms with E-state index < -0.39 is 29.8 Å². The second kappa shape index (κ2) is 5.89. The van der Waals surface area contributed by atoms with Crippen molar-refractivity contribution in [3.05, 3.63) is 35.6 Å². The minimum Gasteiger partial charge on any atom is -0.467 e. The molecule has 1 aromatic rings. The molecule has 0 amide bonds. The van der Waals surface area contributed by atoms with Gasteiger partial charge in [-0.2, -0.15) is 0 Å². The number of hydrogen-bond acceptors (Lipinski definition) is 4. The highest BCUT2D eigenvalue weighted by atomic mass is 19.1. The Morgan fingerprint density at radius 2 is 1.95 bits per heavy atom. The molecule has 2 unspecified atom stereocenters. The summed E-state index contributed by atoms with van der Waals surface area (Å²) in [6, 6.07) is 6.23. The van der Waals surface area contributed by atoms with Gasteiger partial charge in [0, 0.05) is 5.56 Å². The molecule has 1 aliphatic rings. The van der Waals surface area contributed by atoms with Crippen LogP contribution in [0, 0.1) is 5.82 Å². The van der Waals surface area contributed by atoms with Gasteiger partial charge in [-0.1, -0.05) is 32.0 Å². The van der Waals surface area contributed by atoms with Crippen LogP contribution < -0.4 is 0 Å². The van der Waals surface area contributed by atoms with E-state index >= 15 is 0 Å². The highest BCUT2D eigenvalue weighted by molar-refractivity contribution is 5.76. The first-order chi connectivity index (χ1) is 9.56. The van der Waals surface area contributed by atoms with E-state index in [-0.39, 0.29) is 0 Å². The molecule has 1 fully saturated rings. The lowest BCUT2D eigenvalue weighted by Gasteiger charge is -2.24. The van der Waals surface area contributed by atoms with Crippen LogP contribution in [0.15, 0.2) is 24.3 Å². The zero-order chi connectivity index (χ0) is 14.8. The SMILES string of the molecule is CCC1(CC)OC(C(=O)OC)C(c2ccccc2F)O1. The molecule has 20 heavy (non-hydrogen) atoms. The second-order valence-corrected chi connectivity index (χ2v) is 4.74. The lowest BCUT2D eigenvalue weighted by molar-refractivity contribution is -0.187. The Kier molecular flexibility index (Phi) is 4.40. The van der Waals surface area contributed by atoms with Crippen LogP contribution in [0.3, 0.4) is 0 Å². The van der Waals surface area contributed by atoms with Crippen LogP contribution in [-0.4, -0.2) is 25.0 Å². The fourth-order valence-electron chi connectivity index (χ4n) is 2.42. The number of hydrogen-bond donors (Lipinski definition) is 0. The normalized spacial score (nSPS) is 24.6. The third kappa shape index (κ3) is 2.55. The first kappa shape index (κ1) is 14.9. The van der Waals surface area contributed by atoms with Gasteiger partial charge < -0.3 is 14.2 Å². The number of ether oxygens (including phenoxy) is 3. The predicted molar refractivity (Wildman–Crippen MR) is 70.4 cm³/mol. The van der Waals surface area contributed by atoms with Gasteiger partial charge in [-0.05, 0) is 18.9 Å². The van der Waals surface area contributed by atoms with Crippen LogP contribution in [0.5, 0.6) is 0 Å². The third-order valence-corrected chi connectivity index (χ3v) is 3.68. The number of carbonyl (C=O) groups excluding carboxylic acids is 1. The van der Waals surface area contributed by atoms with Gasteiger partial charge in [0.05, 0.1) is 7.11 Å². The van der Waals surface area contributed by atoms with Crippen molar-refractivity contribution < 1.29 is 23.4 Å². The maximum atomic E-state index is 14.0. The number of rotatable bonds is 4. The molecule has 0 radical (unpaired) electrons. The van der Waals surface area contributed by atoms with E-state index in [0.29, 0.717) is 18.4 Å². The molecule has 0 aromatic heterocycles. The maximum absolute atomic E-state index is 14.0. The fourth-order valence-corrected chi connectivity index (χ4v) is 2.42. The number of esters is 1. The molecule has 1 saturated heterocycles. The molecule has 1 aliphatic heterocycles. The Morgan fingerprint density at radius 3 is 2.50 bits per heavy atom. The van der Waals surface area contributed by atoms with Gasteiger partial charge in [0.2, 0.25) is 0 Å². The molecule has 2 rings (SSSR count). The first-order valence-corrected chi connectivity index (χ1v) is 6.74. The summed E-state index contributed by atoms with van der Waals surface area (Å²) in [6.07, 6.45) is -0.593. The van der Waals surface area contributed by atoms with Crippen molar-refractivity contribution in [1.29, 1.82) is 0 Å². The van der Waals surface area contributed by atoms with Crippen LogP contribution in [0.4, 0.5) is 4.39 Å². The summed E-state index contributed by atoms with van der Waals surface area (Å²) in [5, 5.41) is 0. The average Bonchev–Trinajstić information content (AvgIpc) is 2.87. The van der Waals surface area contributed by atoms with Gasteiger partial charge in [0.15, 0.2) is 11.9 Å². The lowest BCUT2D eigenvalue weighted by Crippen LogP contribution is -2.32. The zero-order valence-electron chi connectivity index (χ0n) is 11.9. The third-order valence-electron chi connectivity index (χ3n) is 3.68. The summed E-state index contributed by atoms with van der Waals surface area (Å²) in [5.74, 6) is -1.84. The van der Waals surface area contributed by atoms with Gasteiger partial charge >= 0.3 is 5.97 Å². The van der Waals surface area contributed by atoms with Crippen molar-refractivity contribution in [2.75, 3.05) is 7.11 Å². The van der Waals surface area contributed by atoms with Gasteiger partial charge in [0.25, 0.3) is 0 Å². The molecule has 0 saturated carbocycles. The van der Waals surface area contributed by atoms with Crippen molar-refractivity contribution in [1.82, 2.24) is 0 Å². The van der Waals surface area contributed by atoms with Crippen molar-refractivity contribution in [2.45, 2.75) is 44.7 Å². The Labute approximate surface area is 117 Å². The molecule has 1 aromatic carbocycles. The number of benzene rings is 1. The van der Waals surface area contributed by atoms with Crippen molar-refractivity contribution in [2.24, 2.45) is 0 Å². The van der Waals surface area contributed by atoms with E-state index in [2.05, 4.69) is 0 Å². The Hall–Kier alpha value is -1.46. The van der Waals surface area contributed by atoms with Crippen LogP contribution in [0.2, 0.25) is 0 Å². The van der Waals surface area contributed by atoms with Gasteiger partial charge in [0.1, 0.15) is 11.9 Å². The standard InChI is InChI=1S/C15H19FO4/c1-4-15(5-2)19-12(13(20-15)14(17)18-3)10-8-6-7-9-11(10)16/h6-9,12-13H,4-5H2,1-3H3. The van der Waals surface area contributed by atoms with Crippen LogP contribution in [0.1, 0.15) is 38.4 Å². The van der Waals surface area contributed by atoms with Crippen LogP contribution >= 0.6 is 0 Å². The average molecular weight is 282 g/mol. The first-order valence-electron chi connectivity index (χ1n) is 6.74. The molecular formula is C15H19FO4. The molecule has 5 heteroatoms. The van der Waals surface area contributed by atoms with Crippen LogP contribution in [-0.2, 0) is 19.0 Å². The Balaban J connectivity index is 2.38. The summed E-state index contributed by atoms with van der Waals surface area (Å²) in [5.41, 5.74) is 0.312. The molecular weight excluding hydrogens is 263 g/mol. The van der Waals surface area contributed by atoms with E-state index in [1.807, 2.05) is 13.8 Å². The number of halogens is 1. The molecule has 0 spiro atoms. The summed E-state index contributed by atoms with van der Waals surface area (Å²) in [4.78, 5) is 11.9. The number of carbonyl (C=O) groups is 1. The van der Waals surface area contributed by atoms with Crippen molar-refractivity contribution >= 4 is 5.97 Å². The lowest BCUT2D eigenvalue weighted by atomic mass is 10.0. The van der Waals surface area contributed by atoms with Crippen molar-refractivity contribution in [3.8, 4) is 0 Å². The predicted octanol–water partition coefficient (Wildman–Crippen LogP) is 2.97. The molecule has 110 valence electrons. The minimum atomic E-state index is -0.947. The summed E-state index contributed by atoms with van der Waals surface area (Å²) >= 11 is 0. The van der Waals surface area contributed by atoms with Gasteiger partial charge in [-0.3, -0.25) is 0 Å². The monoisotopic (exact) mass is 282 g/mol. The Morgan fingerprint density at radius 1 is 1.30 bits per heavy atom. The molecule has 1 heterocycles. The summed E-state index contributed by atoms with van der Waals surface area (Å²) in [6.45, 7) is 3.81. The largest absolute Gasteiger partial charge is 0.467 e. The topological polar surface area (TPSA) is 44.8 Å². The van der Waals surface area contributed by atoms with E-state index in [1.54, 1.807) is 18.2 Å². The minimum absolute atomic E-state index is 0.312. The van der Waals surface area contributed by atoms with E-state index in [1.165, 1.54) is 13.2 Å². The van der Waals surface area contributed by atoms with E-state index in [9.17, 15) is 9.18 Å². The van der Waals surface area contributed by atoms with E-state index in [4.69, 9.17) is 14.2 Å². The molecule has 2 atom stereocenters. The molecule has 0 bridgehead atoms. The highest BCUT2D eigenvalue weighted by Gasteiger charge is 2.50. The quantitative estimate of drug-likeness (QED) is 0.796. The molecule has 4 nitrogen and oxygen atoms in total. The van der Waals surface area contributed by atoms with Crippen LogP contribution in [0.25, 0.3) is 0 Å².